The number of aromatic nitrogens is 1. The highest BCUT2D eigenvalue weighted by Gasteiger charge is 2.21. The van der Waals surface area contributed by atoms with Crippen LogP contribution in [0.5, 0.6) is 0 Å². The number of carboxylic acids is 1. The Morgan fingerprint density at radius 1 is 1.20 bits per heavy atom. The van der Waals surface area contributed by atoms with Crippen molar-refractivity contribution in [3.8, 4) is 0 Å². The van der Waals surface area contributed by atoms with E-state index in [2.05, 4.69) is 4.98 Å². The maximum absolute atomic E-state index is 12.4. The maximum Gasteiger partial charge on any atom is 0.335 e. The van der Waals surface area contributed by atoms with Gasteiger partial charge in [-0.15, -0.1) is 0 Å². The van der Waals surface area contributed by atoms with Crippen LogP contribution in [0, 0.1) is 0 Å². The Morgan fingerprint density at radius 3 is 2.35 bits per heavy atom. The topological polar surface area (TPSA) is 87.6 Å². The van der Waals surface area contributed by atoms with E-state index < -0.39 is 16.0 Å². The third kappa shape index (κ3) is 2.62. The first kappa shape index (κ1) is 14.0. The molecule has 0 aliphatic carbocycles. The quantitative estimate of drug-likeness (QED) is 0.925. The lowest BCUT2D eigenvalue weighted by molar-refractivity contribution is 0.0697. The summed E-state index contributed by atoms with van der Waals surface area (Å²) >= 11 is 0. The van der Waals surface area contributed by atoms with Crippen molar-refractivity contribution in [2.75, 3.05) is 11.4 Å². The lowest BCUT2D eigenvalue weighted by Gasteiger charge is -2.18. The predicted molar refractivity (Wildman–Crippen MR) is 73.2 cm³/mol. The lowest BCUT2D eigenvalue weighted by Crippen LogP contribution is -2.26. The fraction of sp³-hybridized carbons (Fsp3) is 0.0769. The van der Waals surface area contributed by atoms with Crippen LogP contribution < -0.4 is 4.31 Å². The molecule has 1 N–H and O–H groups in total. The van der Waals surface area contributed by atoms with Crippen molar-refractivity contribution in [3.05, 3.63) is 54.4 Å². The van der Waals surface area contributed by atoms with Gasteiger partial charge in [0.25, 0.3) is 10.0 Å². The highest BCUT2D eigenvalue weighted by atomic mass is 32.2. The van der Waals surface area contributed by atoms with Gasteiger partial charge < -0.3 is 5.11 Å². The summed E-state index contributed by atoms with van der Waals surface area (Å²) in [6.45, 7) is 0. The summed E-state index contributed by atoms with van der Waals surface area (Å²) in [6.07, 6.45) is 2.98. The van der Waals surface area contributed by atoms with Gasteiger partial charge in [-0.05, 0) is 36.4 Å². The second-order valence-corrected chi connectivity index (χ2v) is 5.98. The van der Waals surface area contributed by atoms with Gasteiger partial charge >= 0.3 is 5.97 Å². The van der Waals surface area contributed by atoms with Crippen LogP contribution in [0.1, 0.15) is 10.4 Å². The number of anilines is 1. The van der Waals surface area contributed by atoms with Crippen LogP contribution in [0.15, 0.2) is 53.7 Å². The number of sulfonamides is 1. The van der Waals surface area contributed by atoms with E-state index in [1.807, 2.05) is 0 Å². The molecule has 20 heavy (non-hydrogen) atoms. The summed E-state index contributed by atoms with van der Waals surface area (Å²) < 4.78 is 25.8. The number of carboxylic acid groups (broad SMARTS) is 1. The van der Waals surface area contributed by atoms with Gasteiger partial charge in [0.15, 0.2) is 0 Å². The van der Waals surface area contributed by atoms with E-state index in [1.165, 1.54) is 37.5 Å². The Labute approximate surface area is 116 Å². The van der Waals surface area contributed by atoms with Crippen molar-refractivity contribution in [2.24, 2.45) is 0 Å². The molecule has 2 rings (SSSR count). The summed E-state index contributed by atoms with van der Waals surface area (Å²) in [5.41, 5.74) is 0.461. The average Bonchev–Trinajstić information content (AvgIpc) is 2.47. The van der Waals surface area contributed by atoms with Crippen LogP contribution in [0.4, 0.5) is 5.69 Å². The zero-order valence-electron chi connectivity index (χ0n) is 10.6. The molecular formula is C13H12N2O4S. The first-order valence-electron chi connectivity index (χ1n) is 5.65. The van der Waals surface area contributed by atoms with E-state index in [0.29, 0.717) is 5.69 Å². The first-order chi connectivity index (χ1) is 9.43. The monoisotopic (exact) mass is 292 g/mol. The molecule has 1 heterocycles. The zero-order chi connectivity index (χ0) is 14.8. The van der Waals surface area contributed by atoms with Crippen molar-refractivity contribution < 1.29 is 18.3 Å². The highest BCUT2D eigenvalue weighted by molar-refractivity contribution is 7.92. The van der Waals surface area contributed by atoms with Crippen molar-refractivity contribution in [2.45, 2.75) is 4.90 Å². The molecule has 0 fully saturated rings. The van der Waals surface area contributed by atoms with Gasteiger partial charge in [0, 0.05) is 13.2 Å². The molecule has 0 saturated carbocycles. The molecule has 0 amide bonds. The first-order valence-corrected chi connectivity index (χ1v) is 7.09. The summed E-state index contributed by atoms with van der Waals surface area (Å²) in [5, 5.41) is 8.80. The third-order valence-corrected chi connectivity index (χ3v) is 4.57. The maximum atomic E-state index is 12.4. The second-order valence-electron chi connectivity index (χ2n) is 4.01. The van der Waals surface area contributed by atoms with Gasteiger partial charge in [-0.25, -0.2) is 13.2 Å². The van der Waals surface area contributed by atoms with Crippen LogP contribution in [0.25, 0.3) is 0 Å². The molecule has 0 saturated heterocycles. The fourth-order valence-electron chi connectivity index (χ4n) is 1.61. The Kier molecular flexibility index (Phi) is 3.71. The lowest BCUT2D eigenvalue weighted by atomic mass is 10.2. The number of hydrogen-bond donors (Lipinski definition) is 1. The molecule has 0 spiro atoms. The third-order valence-electron chi connectivity index (χ3n) is 2.77. The van der Waals surface area contributed by atoms with E-state index >= 15 is 0 Å². The Hall–Kier alpha value is -2.41. The second kappa shape index (κ2) is 5.30. The van der Waals surface area contributed by atoms with Gasteiger partial charge in [-0.1, -0.05) is 0 Å². The molecule has 0 aliphatic heterocycles. The van der Waals surface area contributed by atoms with Crippen LogP contribution in [0.2, 0.25) is 0 Å². The average molecular weight is 292 g/mol. The normalized spacial score (nSPS) is 11.1. The van der Waals surface area contributed by atoms with Crippen LogP contribution in [0.3, 0.4) is 0 Å². The van der Waals surface area contributed by atoms with Gasteiger partial charge in [-0.2, -0.15) is 0 Å². The largest absolute Gasteiger partial charge is 0.478 e. The van der Waals surface area contributed by atoms with Crippen molar-refractivity contribution in [3.63, 3.8) is 0 Å². The molecule has 6 nitrogen and oxygen atoms in total. The molecule has 7 heteroatoms. The van der Waals surface area contributed by atoms with Crippen LogP contribution >= 0.6 is 0 Å². The summed E-state index contributed by atoms with van der Waals surface area (Å²) in [6, 6.07) is 8.31. The minimum atomic E-state index is -3.73. The van der Waals surface area contributed by atoms with Crippen molar-refractivity contribution in [1.29, 1.82) is 0 Å². The van der Waals surface area contributed by atoms with Crippen LogP contribution in [-0.2, 0) is 10.0 Å². The molecule has 104 valence electrons. The highest BCUT2D eigenvalue weighted by Crippen LogP contribution is 2.21. The van der Waals surface area contributed by atoms with Crippen molar-refractivity contribution in [1.82, 2.24) is 4.98 Å². The smallest absolute Gasteiger partial charge is 0.335 e. The van der Waals surface area contributed by atoms with E-state index in [1.54, 1.807) is 18.3 Å². The minimum absolute atomic E-state index is 0.0221. The van der Waals surface area contributed by atoms with Gasteiger partial charge in [-0.3, -0.25) is 9.29 Å². The molecule has 0 unspecified atom stereocenters. The summed E-state index contributed by atoms with van der Waals surface area (Å²) in [4.78, 5) is 14.6. The molecule has 1 aromatic carbocycles. The van der Waals surface area contributed by atoms with Gasteiger partial charge in [0.2, 0.25) is 0 Å². The fourth-order valence-corrected chi connectivity index (χ4v) is 2.79. The molecule has 0 aliphatic rings. The predicted octanol–water partition coefficient (Wildman–Crippen LogP) is 1.60. The van der Waals surface area contributed by atoms with E-state index in [9.17, 15) is 13.2 Å². The number of nitrogens with zero attached hydrogens (tertiary/aromatic N) is 2. The molecule has 2 aromatic rings. The standard InChI is InChI=1S/C13H12N2O4S/c1-15(11-3-2-8-14-9-11)20(18,19)12-6-4-10(5-7-12)13(16)17/h2-9H,1H3,(H,16,17). The van der Waals surface area contributed by atoms with Gasteiger partial charge in [0.05, 0.1) is 22.3 Å². The zero-order valence-corrected chi connectivity index (χ0v) is 11.4. The van der Waals surface area contributed by atoms with Gasteiger partial charge in [0.1, 0.15) is 0 Å². The number of benzene rings is 1. The Balaban J connectivity index is 2.37. The SMILES string of the molecule is CN(c1cccnc1)S(=O)(=O)c1ccc(C(=O)O)cc1. The van der Waals surface area contributed by atoms with E-state index in [4.69, 9.17) is 5.11 Å². The van der Waals surface area contributed by atoms with Crippen LogP contribution in [-0.4, -0.2) is 31.5 Å². The van der Waals surface area contributed by atoms with E-state index in [-0.39, 0.29) is 10.5 Å². The number of aromatic carboxylic acids is 1. The molecule has 0 atom stereocenters. The number of hydrogen-bond acceptors (Lipinski definition) is 4. The number of carbonyl (C=O) groups is 1. The minimum Gasteiger partial charge on any atom is -0.478 e. The molecule has 0 bridgehead atoms. The van der Waals surface area contributed by atoms with Crippen molar-refractivity contribution >= 4 is 21.7 Å². The Bertz CT molecular complexity index is 712. The molecular weight excluding hydrogens is 280 g/mol. The number of rotatable bonds is 4. The Morgan fingerprint density at radius 2 is 1.85 bits per heavy atom. The summed E-state index contributed by atoms with van der Waals surface area (Å²) in [7, 11) is -2.32. The molecule has 0 radical (unpaired) electrons. The van der Waals surface area contributed by atoms with E-state index in [0.717, 1.165) is 4.31 Å². The molecule has 1 aromatic heterocycles. The number of pyridine rings is 1. The summed E-state index contributed by atoms with van der Waals surface area (Å²) in [5.74, 6) is -1.10.